The third kappa shape index (κ3) is 4.09. The number of hydrogen-bond donors (Lipinski definition) is 0. The van der Waals surface area contributed by atoms with Gasteiger partial charge in [-0.15, -0.1) is 0 Å². The van der Waals surface area contributed by atoms with Crippen LogP contribution in [-0.4, -0.2) is 6.16 Å². The second-order valence-electron chi connectivity index (χ2n) is 4.74. The van der Waals surface area contributed by atoms with E-state index in [9.17, 15) is 4.79 Å². The van der Waals surface area contributed by atoms with E-state index >= 15 is 0 Å². The minimum absolute atomic E-state index is 0.285. The molecule has 1 atom stereocenters. The molecule has 21 heavy (non-hydrogen) atoms. The molecular formula is C18H20O3. The number of aryl methyl sites for hydroxylation is 1. The summed E-state index contributed by atoms with van der Waals surface area (Å²) in [4.78, 5) is 12.0. The fraction of sp³-hybridized carbons (Fsp3) is 0.278. The molecule has 0 fully saturated rings. The van der Waals surface area contributed by atoms with Crippen LogP contribution in [0.2, 0.25) is 0 Å². The Balaban J connectivity index is 2.03. The van der Waals surface area contributed by atoms with E-state index in [0.29, 0.717) is 12.2 Å². The lowest BCUT2D eigenvalue weighted by molar-refractivity contribution is 0.0558. The molecule has 0 saturated carbocycles. The van der Waals surface area contributed by atoms with Crippen molar-refractivity contribution in [2.75, 3.05) is 0 Å². The molecule has 3 nitrogen and oxygen atoms in total. The maximum absolute atomic E-state index is 12.0. The van der Waals surface area contributed by atoms with Crippen LogP contribution in [0.3, 0.4) is 0 Å². The van der Waals surface area contributed by atoms with Crippen molar-refractivity contribution in [3.63, 3.8) is 0 Å². The van der Waals surface area contributed by atoms with Crippen molar-refractivity contribution in [1.82, 2.24) is 0 Å². The molecule has 0 N–H and O–H groups in total. The quantitative estimate of drug-likeness (QED) is 0.577. The molecule has 0 aliphatic rings. The molecule has 0 amide bonds. The van der Waals surface area contributed by atoms with Crippen molar-refractivity contribution in [2.45, 2.75) is 32.8 Å². The molecule has 0 radical (unpaired) electrons. The fourth-order valence-corrected chi connectivity index (χ4v) is 2.18. The molecular weight excluding hydrogens is 264 g/mol. The molecule has 110 valence electrons. The van der Waals surface area contributed by atoms with Gasteiger partial charge in [-0.2, -0.15) is 0 Å². The largest absolute Gasteiger partial charge is 0.514 e. The highest BCUT2D eigenvalue weighted by molar-refractivity contribution is 5.65. The summed E-state index contributed by atoms with van der Waals surface area (Å²) in [5.41, 5.74) is 1.96. The van der Waals surface area contributed by atoms with Gasteiger partial charge < -0.3 is 9.47 Å². The van der Waals surface area contributed by atoms with Crippen LogP contribution in [0.1, 0.15) is 37.5 Å². The van der Waals surface area contributed by atoms with Crippen LogP contribution in [0, 0.1) is 0 Å². The second kappa shape index (κ2) is 7.48. The molecule has 3 heteroatoms. The van der Waals surface area contributed by atoms with Crippen LogP contribution in [0.5, 0.6) is 5.75 Å². The summed E-state index contributed by atoms with van der Waals surface area (Å²) in [5, 5.41) is 0. The Morgan fingerprint density at radius 1 is 1.00 bits per heavy atom. The average Bonchev–Trinajstić information content (AvgIpc) is 2.54. The summed E-state index contributed by atoms with van der Waals surface area (Å²) >= 11 is 0. The Morgan fingerprint density at radius 3 is 2.33 bits per heavy atom. The Morgan fingerprint density at radius 2 is 1.67 bits per heavy atom. The molecule has 1 unspecified atom stereocenters. The molecule has 2 aromatic carbocycles. The van der Waals surface area contributed by atoms with E-state index in [1.54, 1.807) is 6.07 Å². The maximum atomic E-state index is 12.0. The van der Waals surface area contributed by atoms with Crippen molar-refractivity contribution in [2.24, 2.45) is 0 Å². The van der Waals surface area contributed by atoms with Gasteiger partial charge in [0, 0.05) is 0 Å². The molecule has 0 aliphatic carbocycles. The monoisotopic (exact) mass is 284 g/mol. The standard InChI is InChI=1S/C18H20O3/c1-3-14-10-8-9-13-17(14)21-18(19)20-16(4-2)15-11-6-5-7-12-15/h5-13,16H,3-4H2,1-2H3. The summed E-state index contributed by atoms with van der Waals surface area (Å²) in [5.74, 6) is 0.563. The van der Waals surface area contributed by atoms with Gasteiger partial charge >= 0.3 is 6.16 Å². The predicted molar refractivity (Wildman–Crippen MR) is 82.4 cm³/mol. The third-order valence-electron chi connectivity index (χ3n) is 3.33. The SMILES string of the molecule is CCc1ccccc1OC(=O)OC(CC)c1ccccc1. The Labute approximate surface area is 125 Å². The van der Waals surface area contributed by atoms with Crippen LogP contribution in [-0.2, 0) is 11.2 Å². The van der Waals surface area contributed by atoms with Gasteiger partial charge in [-0.1, -0.05) is 62.4 Å². The molecule has 2 aromatic rings. The number of carbonyl (C=O) groups is 1. The Bertz CT molecular complexity index is 578. The maximum Gasteiger partial charge on any atom is 0.514 e. The second-order valence-corrected chi connectivity index (χ2v) is 4.74. The fourth-order valence-electron chi connectivity index (χ4n) is 2.18. The highest BCUT2D eigenvalue weighted by Gasteiger charge is 2.17. The van der Waals surface area contributed by atoms with Gasteiger partial charge in [0.15, 0.2) is 0 Å². The van der Waals surface area contributed by atoms with Crippen molar-refractivity contribution in [1.29, 1.82) is 0 Å². The zero-order chi connectivity index (χ0) is 15.1. The minimum atomic E-state index is -0.661. The molecule has 2 rings (SSSR count). The normalized spacial score (nSPS) is 11.7. The number of para-hydroxylation sites is 1. The number of carbonyl (C=O) groups excluding carboxylic acids is 1. The molecule has 0 spiro atoms. The lowest BCUT2D eigenvalue weighted by Crippen LogP contribution is -2.15. The van der Waals surface area contributed by atoms with Gasteiger partial charge in [0.2, 0.25) is 0 Å². The number of benzene rings is 2. The van der Waals surface area contributed by atoms with E-state index in [-0.39, 0.29) is 6.10 Å². The molecule has 0 saturated heterocycles. The lowest BCUT2D eigenvalue weighted by atomic mass is 10.1. The minimum Gasteiger partial charge on any atom is -0.426 e. The van der Waals surface area contributed by atoms with E-state index in [4.69, 9.17) is 9.47 Å². The van der Waals surface area contributed by atoms with Gasteiger partial charge in [0.25, 0.3) is 0 Å². The van der Waals surface area contributed by atoms with Gasteiger partial charge in [-0.3, -0.25) is 0 Å². The van der Waals surface area contributed by atoms with Crippen molar-refractivity contribution < 1.29 is 14.3 Å². The van der Waals surface area contributed by atoms with Crippen LogP contribution in [0.25, 0.3) is 0 Å². The molecule has 0 aliphatic heterocycles. The highest BCUT2D eigenvalue weighted by Crippen LogP contribution is 2.23. The first kappa shape index (κ1) is 15.1. The summed E-state index contributed by atoms with van der Waals surface area (Å²) in [6.07, 6.45) is 0.563. The highest BCUT2D eigenvalue weighted by atomic mass is 16.7. The number of ether oxygens (including phenoxy) is 2. The van der Waals surface area contributed by atoms with E-state index < -0.39 is 6.16 Å². The van der Waals surface area contributed by atoms with Gasteiger partial charge in [-0.25, -0.2) is 4.79 Å². The van der Waals surface area contributed by atoms with E-state index in [1.165, 1.54) is 0 Å². The molecule has 0 aromatic heterocycles. The van der Waals surface area contributed by atoms with Gasteiger partial charge in [0.05, 0.1) is 0 Å². The smallest absolute Gasteiger partial charge is 0.426 e. The molecule has 0 heterocycles. The summed E-state index contributed by atoms with van der Waals surface area (Å²) in [6, 6.07) is 17.2. The lowest BCUT2D eigenvalue weighted by Gasteiger charge is -2.16. The first-order chi connectivity index (χ1) is 10.2. The van der Waals surface area contributed by atoms with Crippen molar-refractivity contribution >= 4 is 6.16 Å². The number of rotatable bonds is 5. The Kier molecular flexibility index (Phi) is 5.38. The number of hydrogen-bond acceptors (Lipinski definition) is 3. The van der Waals surface area contributed by atoms with Crippen molar-refractivity contribution in [3.05, 3.63) is 65.7 Å². The summed E-state index contributed by atoms with van der Waals surface area (Å²) in [7, 11) is 0. The van der Waals surface area contributed by atoms with E-state index in [2.05, 4.69) is 0 Å². The van der Waals surface area contributed by atoms with E-state index in [0.717, 1.165) is 17.5 Å². The predicted octanol–water partition coefficient (Wildman–Crippen LogP) is 4.92. The van der Waals surface area contributed by atoms with Crippen LogP contribution in [0.4, 0.5) is 4.79 Å². The third-order valence-corrected chi connectivity index (χ3v) is 3.33. The average molecular weight is 284 g/mol. The summed E-state index contributed by atoms with van der Waals surface area (Å²) in [6.45, 7) is 4.00. The zero-order valence-electron chi connectivity index (χ0n) is 12.4. The zero-order valence-corrected chi connectivity index (χ0v) is 12.4. The Hall–Kier alpha value is -2.29. The van der Waals surface area contributed by atoms with Crippen LogP contribution in [0.15, 0.2) is 54.6 Å². The van der Waals surface area contributed by atoms with Gasteiger partial charge in [0.1, 0.15) is 11.9 Å². The first-order valence-electron chi connectivity index (χ1n) is 7.25. The van der Waals surface area contributed by atoms with Crippen molar-refractivity contribution in [3.8, 4) is 5.75 Å². The molecule has 0 bridgehead atoms. The first-order valence-corrected chi connectivity index (χ1v) is 7.25. The van der Waals surface area contributed by atoms with Gasteiger partial charge in [-0.05, 0) is 30.0 Å². The van der Waals surface area contributed by atoms with Crippen LogP contribution < -0.4 is 4.74 Å². The summed E-state index contributed by atoms with van der Waals surface area (Å²) < 4.78 is 10.8. The van der Waals surface area contributed by atoms with E-state index in [1.807, 2.05) is 62.4 Å². The topological polar surface area (TPSA) is 35.5 Å². The van der Waals surface area contributed by atoms with Crippen LogP contribution >= 0.6 is 0 Å².